The molecule has 2 heterocycles. The summed E-state index contributed by atoms with van der Waals surface area (Å²) in [6.07, 6.45) is 1.14. The number of aryl methyl sites for hydroxylation is 1. The minimum Gasteiger partial charge on any atom is -0.496 e. The molecule has 0 fully saturated rings. The van der Waals surface area contributed by atoms with E-state index in [1.165, 1.54) is 14.6 Å². The average molecular weight is 281 g/mol. The highest BCUT2D eigenvalue weighted by molar-refractivity contribution is 7.13. The molecule has 0 bridgehead atoms. The van der Waals surface area contributed by atoms with Gasteiger partial charge in [0.15, 0.2) is 0 Å². The molecule has 0 aliphatic rings. The Labute approximate surface area is 117 Å². The Kier molecular flexibility index (Phi) is 4.80. The molecule has 98 valence electrons. The molecule has 18 heavy (non-hydrogen) atoms. The van der Waals surface area contributed by atoms with Crippen molar-refractivity contribution in [3.8, 4) is 5.75 Å². The first kappa shape index (κ1) is 13.6. The van der Waals surface area contributed by atoms with Crippen molar-refractivity contribution in [1.29, 1.82) is 0 Å². The average Bonchev–Trinajstić information content (AvgIpc) is 2.99. The molecule has 0 amide bonds. The van der Waals surface area contributed by atoms with Crippen LogP contribution in [-0.4, -0.2) is 13.7 Å². The Bertz CT molecular complexity index is 489. The summed E-state index contributed by atoms with van der Waals surface area (Å²) in [5.41, 5.74) is 0. The summed E-state index contributed by atoms with van der Waals surface area (Å²) in [5.74, 6) is 0.951. The predicted molar refractivity (Wildman–Crippen MR) is 80.1 cm³/mol. The Morgan fingerprint density at radius 2 is 2.17 bits per heavy atom. The minimum absolute atomic E-state index is 0.303. The van der Waals surface area contributed by atoms with Crippen LogP contribution in [0.15, 0.2) is 23.6 Å². The summed E-state index contributed by atoms with van der Waals surface area (Å²) < 4.78 is 5.28. The number of thiophene rings is 2. The summed E-state index contributed by atoms with van der Waals surface area (Å²) in [5, 5.41) is 5.68. The van der Waals surface area contributed by atoms with Crippen LogP contribution in [0.3, 0.4) is 0 Å². The number of hydrogen-bond acceptors (Lipinski definition) is 4. The van der Waals surface area contributed by atoms with Crippen LogP contribution in [-0.2, 0) is 0 Å². The molecule has 0 saturated carbocycles. The first-order valence-corrected chi connectivity index (χ1v) is 7.86. The molecular weight excluding hydrogens is 262 g/mol. The fourth-order valence-corrected chi connectivity index (χ4v) is 3.83. The van der Waals surface area contributed by atoms with Gasteiger partial charge in [-0.2, -0.15) is 0 Å². The molecule has 4 heteroatoms. The monoisotopic (exact) mass is 281 g/mol. The number of ether oxygens (including phenoxy) is 1. The summed E-state index contributed by atoms with van der Waals surface area (Å²) in [4.78, 5) is 4.06. The van der Waals surface area contributed by atoms with E-state index in [4.69, 9.17) is 4.74 Å². The van der Waals surface area contributed by atoms with E-state index in [0.29, 0.717) is 6.04 Å². The number of rotatable bonds is 6. The third-order valence-electron chi connectivity index (χ3n) is 2.76. The molecular formula is C14H19NOS2. The predicted octanol–water partition coefficient (Wildman–Crippen LogP) is 4.22. The molecule has 2 nitrogen and oxygen atoms in total. The lowest BCUT2D eigenvalue weighted by Gasteiger charge is -2.15. The molecule has 1 unspecified atom stereocenters. The van der Waals surface area contributed by atoms with E-state index in [1.807, 2.05) is 11.3 Å². The van der Waals surface area contributed by atoms with Crippen molar-refractivity contribution in [2.24, 2.45) is 0 Å². The van der Waals surface area contributed by atoms with Crippen LogP contribution in [0.5, 0.6) is 5.75 Å². The normalized spacial score (nSPS) is 12.6. The second-order valence-corrected chi connectivity index (χ2v) is 6.49. The quantitative estimate of drug-likeness (QED) is 0.856. The molecule has 0 radical (unpaired) electrons. The van der Waals surface area contributed by atoms with Gasteiger partial charge in [-0.1, -0.05) is 6.92 Å². The van der Waals surface area contributed by atoms with E-state index in [-0.39, 0.29) is 0 Å². The number of hydrogen-bond donors (Lipinski definition) is 1. The standard InChI is InChI=1S/C14H19NOS2/c1-4-7-15-14(12-6-5-10(2)18-12)13-8-11(16-3)9-17-13/h5-6,8-9,14-15H,4,7H2,1-3H3. The molecule has 0 aliphatic heterocycles. The molecule has 1 atom stereocenters. The summed E-state index contributed by atoms with van der Waals surface area (Å²) in [6, 6.07) is 6.84. The zero-order valence-corrected chi connectivity index (χ0v) is 12.7. The van der Waals surface area contributed by atoms with Crippen LogP contribution in [0.4, 0.5) is 0 Å². The van der Waals surface area contributed by atoms with Crippen molar-refractivity contribution in [3.63, 3.8) is 0 Å². The van der Waals surface area contributed by atoms with Crippen LogP contribution in [0, 0.1) is 6.92 Å². The zero-order valence-electron chi connectivity index (χ0n) is 11.0. The van der Waals surface area contributed by atoms with Crippen LogP contribution < -0.4 is 10.1 Å². The van der Waals surface area contributed by atoms with Crippen LogP contribution >= 0.6 is 22.7 Å². The summed E-state index contributed by atoms with van der Waals surface area (Å²) in [6.45, 7) is 5.38. The van der Waals surface area contributed by atoms with E-state index < -0.39 is 0 Å². The Morgan fingerprint density at radius 3 is 2.72 bits per heavy atom. The molecule has 0 saturated heterocycles. The van der Waals surface area contributed by atoms with Gasteiger partial charge in [-0.3, -0.25) is 0 Å². The van der Waals surface area contributed by atoms with Gasteiger partial charge in [0.05, 0.1) is 13.2 Å². The fraction of sp³-hybridized carbons (Fsp3) is 0.429. The first-order chi connectivity index (χ1) is 8.74. The maximum Gasteiger partial charge on any atom is 0.129 e. The van der Waals surface area contributed by atoms with E-state index in [9.17, 15) is 0 Å². The second-order valence-electron chi connectivity index (χ2n) is 4.22. The smallest absolute Gasteiger partial charge is 0.129 e. The highest BCUT2D eigenvalue weighted by Gasteiger charge is 2.17. The van der Waals surface area contributed by atoms with Gasteiger partial charge >= 0.3 is 0 Å². The summed E-state index contributed by atoms with van der Waals surface area (Å²) in [7, 11) is 1.72. The molecule has 2 rings (SSSR count). The van der Waals surface area contributed by atoms with Gasteiger partial charge in [0.2, 0.25) is 0 Å². The first-order valence-electron chi connectivity index (χ1n) is 6.16. The van der Waals surface area contributed by atoms with Gasteiger partial charge in [0.25, 0.3) is 0 Å². The van der Waals surface area contributed by atoms with Gasteiger partial charge in [-0.05, 0) is 38.1 Å². The van der Waals surface area contributed by atoms with E-state index in [2.05, 4.69) is 42.7 Å². The van der Waals surface area contributed by atoms with Gasteiger partial charge in [0.1, 0.15) is 5.75 Å². The SMILES string of the molecule is CCCNC(c1cc(OC)cs1)c1ccc(C)s1. The van der Waals surface area contributed by atoms with Crippen molar-refractivity contribution in [2.45, 2.75) is 26.3 Å². The van der Waals surface area contributed by atoms with Gasteiger partial charge in [-0.25, -0.2) is 0 Å². The largest absolute Gasteiger partial charge is 0.496 e. The van der Waals surface area contributed by atoms with Gasteiger partial charge < -0.3 is 10.1 Å². The topological polar surface area (TPSA) is 21.3 Å². The molecule has 1 N–H and O–H groups in total. The van der Waals surface area contributed by atoms with Crippen molar-refractivity contribution in [1.82, 2.24) is 5.32 Å². The van der Waals surface area contributed by atoms with E-state index in [0.717, 1.165) is 18.7 Å². The Balaban J connectivity index is 2.24. The lowest BCUT2D eigenvalue weighted by molar-refractivity contribution is 0.416. The lowest BCUT2D eigenvalue weighted by atomic mass is 10.2. The van der Waals surface area contributed by atoms with Crippen molar-refractivity contribution in [3.05, 3.63) is 38.2 Å². The van der Waals surface area contributed by atoms with Crippen molar-refractivity contribution in [2.75, 3.05) is 13.7 Å². The second kappa shape index (κ2) is 6.36. The van der Waals surface area contributed by atoms with Crippen molar-refractivity contribution >= 4 is 22.7 Å². The lowest BCUT2D eigenvalue weighted by Crippen LogP contribution is -2.21. The maximum atomic E-state index is 5.28. The maximum absolute atomic E-state index is 5.28. The molecule has 0 aromatic carbocycles. The van der Waals surface area contributed by atoms with E-state index >= 15 is 0 Å². The Morgan fingerprint density at radius 1 is 1.33 bits per heavy atom. The summed E-state index contributed by atoms with van der Waals surface area (Å²) >= 11 is 3.62. The third kappa shape index (κ3) is 3.13. The van der Waals surface area contributed by atoms with Gasteiger partial charge in [0, 0.05) is 20.0 Å². The highest BCUT2D eigenvalue weighted by atomic mass is 32.1. The zero-order chi connectivity index (χ0) is 13.0. The fourth-order valence-electron chi connectivity index (χ4n) is 1.83. The van der Waals surface area contributed by atoms with Crippen LogP contribution in [0.25, 0.3) is 0 Å². The number of nitrogens with one attached hydrogen (secondary N) is 1. The van der Waals surface area contributed by atoms with E-state index in [1.54, 1.807) is 18.4 Å². The molecule has 2 aromatic heterocycles. The van der Waals surface area contributed by atoms with Crippen LogP contribution in [0.2, 0.25) is 0 Å². The Hall–Kier alpha value is -0.840. The molecule has 0 aliphatic carbocycles. The highest BCUT2D eigenvalue weighted by Crippen LogP contribution is 2.34. The van der Waals surface area contributed by atoms with Crippen molar-refractivity contribution < 1.29 is 4.74 Å². The van der Waals surface area contributed by atoms with Gasteiger partial charge in [-0.15, -0.1) is 22.7 Å². The molecule has 0 spiro atoms. The third-order valence-corrected chi connectivity index (χ3v) is 4.80. The minimum atomic E-state index is 0.303. The van der Waals surface area contributed by atoms with Crippen LogP contribution in [0.1, 0.15) is 34.0 Å². The molecule has 2 aromatic rings. The number of methoxy groups -OCH3 is 1.